The van der Waals surface area contributed by atoms with E-state index in [2.05, 4.69) is 10.2 Å². The summed E-state index contributed by atoms with van der Waals surface area (Å²) in [6.07, 6.45) is -0.208. The van der Waals surface area contributed by atoms with E-state index in [4.69, 9.17) is 13.9 Å². The highest BCUT2D eigenvalue weighted by atomic mass is 32.2. The number of rotatable bonds is 6. The van der Waals surface area contributed by atoms with Crippen molar-refractivity contribution < 1.29 is 18.7 Å². The Hall–Kier alpha value is -3.00. The van der Waals surface area contributed by atoms with E-state index in [1.807, 2.05) is 55.5 Å². The minimum absolute atomic E-state index is 0.0486. The van der Waals surface area contributed by atoms with E-state index in [0.29, 0.717) is 30.0 Å². The molecule has 3 aromatic rings. The maximum absolute atomic E-state index is 12.5. The molecule has 4 rings (SSSR count). The average Bonchev–Trinajstić information content (AvgIpc) is 3.21. The first-order valence-electron chi connectivity index (χ1n) is 9.24. The SMILES string of the molecule is Cc1ccc(-c2nnc(SCC(=O)N(C)C[C@@H]3COc4ccccc4O3)o2)cc1. The van der Waals surface area contributed by atoms with E-state index < -0.39 is 0 Å². The lowest BCUT2D eigenvalue weighted by atomic mass is 10.1. The Balaban J connectivity index is 1.28. The van der Waals surface area contributed by atoms with Crippen molar-refractivity contribution in [3.63, 3.8) is 0 Å². The molecule has 0 saturated carbocycles. The number of nitrogens with zero attached hydrogens (tertiary/aromatic N) is 3. The van der Waals surface area contributed by atoms with Gasteiger partial charge in [-0.2, -0.15) is 0 Å². The lowest BCUT2D eigenvalue weighted by Gasteiger charge is -2.29. The number of aryl methyl sites for hydroxylation is 1. The number of carbonyl (C=O) groups is 1. The number of benzene rings is 2. The van der Waals surface area contributed by atoms with Crippen LogP contribution in [0, 0.1) is 6.92 Å². The topological polar surface area (TPSA) is 77.7 Å². The van der Waals surface area contributed by atoms with E-state index in [1.165, 1.54) is 11.8 Å². The minimum Gasteiger partial charge on any atom is -0.486 e. The first-order valence-corrected chi connectivity index (χ1v) is 10.2. The molecule has 29 heavy (non-hydrogen) atoms. The molecule has 2 heterocycles. The molecule has 0 N–H and O–H groups in total. The van der Waals surface area contributed by atoms with Crippen LogP contribution in [0.3, 0.4) is 0 Å². The lowest BCUT2D eigenvalue weighted by Crippen LogP contribution is -2.42. The molecular weight excluding hydrogens is 390 g/mol. The molecule has 1 amide bonds. The quantitative estimate of drug-likeness (QED) is 0.575. The van der Waals surface area contributed by atoms with Crippen molar-refractivity contribution in [2.24, 2.45) is 0 Å². The van der Waals surface area contributed by atoms with E-state index in [0.717, 1.165) is 16.9 Å². The monoisotopic (exact) mass is 411 g/mol. The second kappa shape index (κ2) is 8.57. The first kappa shape index (κ1) is 19.3. The number of carbonyl (C=O) groups excluding carboxylic acids is 1. The number of likely N-dealkylation sites (N-methyl/N-ethyl adjacent to an activating group) is 1. The molecule has 0 bridgehead atoms. The summed E-state index contributed by atoms with van der Waals surface area (Å²) in [5, 5.41) is 8.44. The van der Waals surface area contributed by atoms with Gasteiger partial charge in [0.05, 0.1) is 12.3 Å². The molecule has 0 spiro atoms. The van der Waals surface area contributed by atoms with Crippen LogP contribution in [0.25, 0.3) is 11.5 Å². The molecule has 0 saturated heterocycles. The number of fused-ring (bicyclic) bond motifs is 1. The van der Waals surface area contributed by atoms with Gasteiger partial charge in [0, 0.05) is 12.6 Å². The molecule has 1 atom stereocenters. The molecule has 0 unspecified atom stereocenters. The largest absolute Gasteiger partial charge is 0.486 e. The molecule has 0 radical (unpaired) electrons. The van der Waals surface area contributed by atoms with Crippen molar-refractivity contribution in [2.75, 3.05) is 26.0 Å². The number of hydrogen-bond donors (Lipinski definition) is 0. The number of thioether (sulfide) groups is 1. The third kappa shape index (κ3) is 4.71. The van der Waals surface area contributed by atoms with E-state index in [1.54, 1.807) is 11.9 Å². The fraction of sp³-hybridized carbons (Fsp3) is 0.286. The van der Waals surface area contributed by atoms with E-state index in [9.17, 15) is 4.79 Å². The van der Waals surface area contributed by atoms with Gasteiger partial charge in [0.2, 0.25) is 11.8 Å². The second-order valence-corrected chi connectivity index (χ2v) is 7.73. The van der Waals surface area contributed by atoms with Gasteiger partial charge in [-0.3, -0.25) is 4.79 Å². The Morgan fingerprint density at radius 2 is 1.90 bits per heavy atom. The summed E-state index contributed by atoms with van der Waals surface area (Å²) in [4.78, 5) is 14.1. The predicted molar refractivity (Wildman–Crippen MR) is 109 cm³/mol. The van der Waals surface area contributed by atoms with Gasteiger partial charge in [-0.05, 0) is 31.2 Å². The summed E-state index contributed by atoms with van der Waals surface area (Å²) in [6.45, 7) is 2.86. The number of para-hydroxylation sites is 2. The van der Waals surface area contributed by atoms with Crippen molar-refractivity contribution in [1.29, 1.82) is 0 Å². The maximum atomic E-state index is 12.5. The Bertz CT molecular complexity index is 990. The number of hydrogen-bond acceptors (Lipinski definition) is 7. The highest BCUT2D eigenvalue weighted by molar-refractivity contribution is 7.99. The third-order valence-corrected chi connectivity index (χ3v) is 5.30. The van der Waals surface area contributed by atoms with Crippen LogP contribution < -0.4 is 9.47 Å². The van der Waals surface area contributed by atoms with Crippen LogP contribution in [0.2, 0.25) is 0 Å². The molecule has 150 valence electrons. The van der Waals surface area contributed by atoms with Gasteiger partial charge >= 0.3 is 0 Å². The van der Waals surface area contributed by atoms with Gasteiger partial charge in [0.25, 0.3) is 5.22 Å². The van der Waals surface area contributed by atoms with Gasteiger partial charge in [0.1, 0.15) is 6.61 Å². The standard InChI is InChI=1S/C21H21N3O4S/c1-14-7-9-15(10-8-14)20-22-23-21(28-20)29-13-19(25)24(2)11-16-12-26-17-5-3-4-6-18(17)27-16/h3-10,16H,11-13H2,1-2H3/t16-/m1/s1. The molecule has 0 fully saturated rings. The Morgan fingerprint density at radius 1 is 1.14 bits per heavy atom. The van der Waals surface area contributed by atoms with Gasteiger partial charge in [0.15, 0.2) is 17.6 Å². The number of amides is 1. The van der Waals surface area contributed by atoms with Crippen molar-refractivity contribution in [2.45, 2.75) is 18.3 Å². The highest BCUT2D eigenvalue weighted by Gasteiger charge is 2.24. The zero-order valence-electron chi connectivity index (χ0n) is 16.2. The molecule has 0 aliphatic carbocycles. The van der Waals surface area contributed by atoms with Gasteiger partial charge in [-0.25, -0.2) is 0 Å². The van der Waals surface area contributed by atoms with Crippen LogP contribution in [0.5, 0.6) is 11.5 Å². The van der Waals surface area contributed by atoms with E-state index in [-0.39, 0.29) is 17.8 Å². The maximum Gasteiger partial charge on any atom is 0.277 e. The first-order chi connectivity index (χ1) is 14.1. The number of aromatic nitrogens is 2. The molecule has 2 aromatic carbocycles. The van der Waals surface area contributed by atoms with Crippen molar-refractivity contribution in [3.05, 3.63) is 54.1 Å². The zero-order valence-corrected chi connectivity index (χ0v) is 17.0. The number of ether oxygens (including phenoxy) is 2. The summed E-state index contributed by atoms with van der Waals surface area (Å²) in [6, 6.07) is 15.4. The minimum atomic E-state index is -0.208. The van der Waals surface area contributed by atoms with Crippen LogP contribution in [0.1, 0.15) is 5.56 Å². The summed E-state index contributed by atoms with van der Waals surface area (Å²) in [5.41, 5.74) is 2.01. The second-order valence-electron chi connectivity index (χ2n) is 6.80. The van der Waals surface area contributed by atoms with Crippen molar-refractivity contribution >= 4 is 17.7 Å². The highest BCUT2D eigenvalue weighted by Crippen LogP contribution is 2.31. The summed E-state index contributed by atoms with van der Waals surface area (Å²) < 4.78 is 17.3. The van der Waals surface area contributed by atoms with Crippen LogP contribution in [0.4, 0.5) is 0 Å². The Labute approximate surface area is 173 Å². The van der Waals surface area contributed by atoms with Gasteiger partial charge in [-0.15, -0.1) is 10.2 Å². The van der Waals surface area contributed by atoms with Crippen molar-refractivity contribution in [1.82, 2.24) is 15.1 Å². The van der Waals surface area contributed by atoms with Crippen molar-refractivity contribution in [3.8, 4) is 23.0 Å². The average molecular weight is 411 g/mol. The molecule has 1 aromatic heterocycles. The van der Waals surface area contributed by atoms with Crippen LogP contribution in [-0.4, -0.2) is 53.1 Å². The summed E-state index contributed by atoms with van der Waals surface area (Å²) in [7, 11) is 1.75. The molecular formula is C21H21N3O4S. The van der Waals surface area contributed by atoms with E-state index >= 15 is 0 Å². The lowest BCUT2D eigenvalue weighted by molar-refractivity contribution is -0.128. The summed E-state index contributed by atoms with van der Waals surface area (Å²) >= 11 is 1.22. The Kier molecular flexibility index (Phi) is 5.71. The normalized spacial score (nSPS) is 15.2. The van der Waals surface area contributed by atoms with Crippen LogP contribution in [0.15, 0.2) is 58.2 Å². The zero-order chi connectivity index (χ0) is 20.2. The fourth-order valence-electron chi connectivity index (χ4n) is 2.87. The Morgan fingerprint density at radius 3 is 2.69 bits per heavy atom. The van der Waals surface area contributed by atoms with Crippen LogP contribution >= 0.6 is 11.8 Å². The molecule has 8 heteroatoms. The van der Waals surface area contributed by atoms with Gasteiger partial charge in [-0.1, -0.05) is 41.6 Å². The predicted octanol–water partition coefficient (Wildman–Crippen LogP) is 3.44. The fourth-order valence-corrected chi connectivity index (χ4v) is 3.58. The summed E-state index contributed by atoms with van der Waals surface area (Å²) in [5.74, 6) is 2.03. The molecule has 1 aliphatic rings. The molecule has 1 aliphatic heterocycles. The van der Waals surface area contributed by atoms with Gasteiger partial charge < -0.3 is 18.8 Å². The molecule has 7 nitrogen and oxygen atoms in total. The smallest absolute Gasteiger partial charge is 0.277 e. The van der Waals surface area contributed by atoms with Crippen LogP contribution in [-0.2, 0) is 4.79 Å². The third-order valence-electron chi connectivity index (χ3n) is 4.49.